The normalized spacial score (nSPS) is 14.4. The molecule has 9 nitrogen and oxygen atoms in total. The van der Waals surface area contributed by atoms with Crippen molar-refractivity contribution in [3.8, 4) is 11.4 Å². The minimum absolute atomic E-state index is 0.186. The maximum atomic E-state index is 13.6. The first-order valence-corrected chi connectivity index (χ1v) is 11.9. The van der Waals surface area contributed by atoms with Gasteiger partial charge in [-0.2, -0.15) is 9.50 Å². The van der Waals surface area contributed by atoms with Crippen LogP contribution in [0.1, 0.15) is 11.1 Å². The second kappa shape index (κ2) is 8.51. The van der Waals surface area contributed by atoms with Gasteiger partial charge in [0.25, 0.3) is 11.5 Å². The fraction of sp³-hybridized carbons (Fsp3) is 0.0769. The van der Waals surface area contributed by atoms with E-state index in [2.05, 4.69) is 20.4 Å². The molecule has 0 spiro atoms. The number of carbonyl (C=O) groups is 2. The number of thiazole rings is 1. The summed E-state index contributed by atoms with van der Waals surface area (Å²) >= 11 is 1.11. The van der Waals surface area contributed by atoms with Gasteiger partial charge < -0.3 is 5.32 Å². The van der Waals surface area contributed by atoms with E-state index >= 15 is 0 Å². The SMILES string of the molecule is Cc1ccc(NC(=O)CN2C(=O)/C(=c3\sc4nc(-c5ccncc5)nn4c3=O)c3ccccc32)cc1. The summed E-state index contributed by atoms with van der Waals surface area (Å²) in [6, 6.07) is 18.1. The molecule has 176 valence electrons. The van der Waals surface area contributed by atoms with E-state index in [1.54, 1.807) is 48.8 Å². The van der Waals surface area contributed by atoms with Gasteiger partial charge in [0.15, 0.2) is 5.82 Å². The molecule has 2 amide bonds. The lowest BCUT2D eigenvalue weighted by Crippen LogP contribution is -2.37. The first kappa shape index (κ1) is 21.8. The van der Waals surface area contributed by atoms with Crippen LogP contribution < -0.4 is 20.3 Å². The fourth-order valence-corrected chi connectivity index (χ4v) is 5.14. The number of amides is 2. The van der Waals surface area contributed by atoms with Crippen LogP contribution in [-0.4, -0.2) is 37.9 Å². The van der Waals surface area contributed by atoms with E-state index in [-0.39, 0.29) is 22.6 Å². The fourth-order valence-electron chi connectivity index (χ4n) is 4.15. The van der Waals surface area contributed by atoms with Crippen LogP contribution in [0.2, 0.25) is 0 Å². The zero-order chi connectivity index (χ0) is 24.8. The Bertz CT molecular complexity index is 1760. The van der Waals surface area contributed by atoms with Gasteiger partial charge in [0, 0.05) is 29.2 Å². The third-order valence-electron chi connectivity index (χ3n) is 5.88. The van der Waals surface area contributed by atoms with E-state index in [0.717, 1.165) is 22.5 Å². The highest BCUT2D eigenvalue weighted by Gasteiger charge is 2.35. The average Bonchev–Trinajstić information content (AvgIpc) is 3.52. The van der Waals surface area contributed by atoms with Gasteiger partial charge in [-0.3, -0.25) is 24.3 Å². The number of para-hydroxylation sites is 1. The van der Waals surface area contributed by atoms with Crippen LogP contribution in [0.4, 0.5) is 11.4 Å². The summed E-state index contributed by atoms with van der Waals surface area (Å²) in [5.74, 6) is -0.341. The minimum Gasteiger partial charge on any atom is -0.325 e. The van der Waals surface area contributed by atoms with Crippen molar-refractivity contribution in [2.75, 3.05) is 16.8 Å². The third-order valence-corrected chi connectivity index (χ3v) is 6.91. The predicted molar refractivity (Wildman–Crippen MR) is 137 cm³/mol. The second-order valence-electron chi connectivity index (χ2n) is 8.30. The number of anilines is 2. The van der Waals surface area contributed by atoms with Gasteiger partial charge in [-0.15, -0.1) is 5.10 Å². The molecule has 0 atom stereocenters. The molecule has 0 saturated heterocycles. The van der Waals surface area contributed by atoms with E-state index in [1.807, 2.05) is 31.2 Å². The summed E-state index contributed by atoms with van der Waals surface area (Å²) in [5.41, 5.74) is 3.46. The standard InChI is InChI=1S/C26H18N6O3S/c1-15-6-8-17(9-7-15)28-20(33)14-31-19-5-3-2-4-18(19)21(24(31)34)22-25(35)32-26(36-22)29-23(30-32)16-10-12-27-13-11-16/h2-13H,14H2,1H3,(H,28,33)/b22-21-. The molecule has 6 rings (SSSR count). The largest absolute Gasteiger partial charge is 0.325 e. The van der Waals surface area contributed by atoms with Crippen molar-refractivity contribution in [3.05, 3.63) is 99.1 Å². The number of aromatic nitrogens is 4. The van der Waals surface area contributed by atoms with Gasteiger partial charge in [-0.25, -0.2) is 0 Å². The van der Waals surface area contributed by atoms with Crippen LogP contribution in [0.3, 0.4) is 0 Å². The van der Waals surface area contributed by atoms with Crippen LogP contribution in [0, 0.1) is 6.92 Å². The van der Waals surface area contributed by atoms with E-state index in [0.29, 0.717) is 27.7 Å². The first-order chi connectivity index (χ1) is 17.5. The van der Waals surface area contributed by atoms with Crippen LogP contribution in [-0.2, 0) is 9.59 Å². The van der Waals surface area contributed by atoms with Crippen molar-refractivity contribution in [3.63, 3.8) is 0 Å². The number of nitrogens with one attached hydrogen (secondary N) is 1. The number of hydrogen-bond acceptors (Lipinski definition) is 7. The number of fused-ring (bicyclic) bond motifs is 2. The van der Waals surface area contributed by atoms with Crippen molar-refractivity contribution in [2.45, 2.75) is 6.92 Å². The minimum atomic E-state index is -0.424. The molecule has 5 aromatic rings. The average molecular weight is 495 g/mol. The lowest BCUT2D eigenvalue weighted by Gasteiger charge is -2.16. The van der Waals surface area contributed by atoms with Crippen molar-refractivity contribution >= 4 is 45.1 Å². The molecule has 1 N–H and O–H groups in total. The van der Waals surface area contributed by atoms with Gasteiger partial charge >= 0.3 is 0 Å². The summed E-state index contributed by atoms with van der Waals surface area (Å²) in [6.45, 7) is 1.78. The maximum Gasteiger partial charge on any atom is 0.291 e. The van der Waals surface area contributed by atoms with Crippen LogP contribution in [0.5, 0.6) is 0 Å². The molecule has 0 bridgehead atoms. The molecule has 0 fully saturated rings. The number of rotatable bonds is 4. The van der Waals surface area contributed by atoms with Gasteiger partial charge in [0.1, 0.15) is 11.1 Å². The van der Waals surface area contributed by atoms with E-state index < -0.39 is 11.5 Å². The third kappa shape index (κ3) is 3.64. The number of hydrogen-bond donors (Lipinski definition) is 1. The first-order valence-electron chi connectivity index (χ1n) is 11.1. The number of carbonyl (C=O) groups excluding carboxylic acids is 2. The Morgan fingerprint density at radius 1 is 1.00 bits per heavy atom. The van der Waals surface area contributed by atoms with Crippen molar-refractivity contribution in [2.24, 2.45) is 0 Å². The lowest BCUT2D eigenvalue weighted by atomic mass is 10.1. The Labute approximate surface area is 208 Å². The molecular formula is C26H18N6O3S. The molecule has 0 saturated carbocycles. The molecule has 3 aromatic heterocycles. The van der Waals surface area contributed by atoms with Crippen LogP contribution >= 0.6 is 11.3 Å². The summed E-state index contributed by atoms with van der Waals surface area (Å²) < 4.78 is 1.45. The van der Waals surface area contributed by atoms with Gasteiger partial charge in [0.2, 0.25) is 10.9 Å². The highest BCUT2D eigenvalue weighted by Crippen LogP contribution is 2.35. The maximum absolute atomic E-state index is 13.6. The number of benzene rings is 2. The smallest absolute Gasteiger partial charge is 0.291 e. The van der Waals surface area contributed by atoms with Crippen molar-refractivity contribution in [1.82, 2.24) is 19.6 Å². The Hall–Kier alpha value is -4.70. The molecule has 0 radical (unpaired) electrons. The molecule has 10 heteroatoms. The number of aryl methyl sites for hydroxylation is 1. The predicted octanol–water partition coefficient (Wildman–Crippen LogP) is 2.42. The van der Waals surface area contributed by atoms with Crippen molar-refractivity contribution in [1.29, 1.82) is 0 Å². The Balaban J connectivity index is 1.39. The quantitative estimate of drug-likeness (QED) is 0.411. The van der Waals surface area contributed by atoms with E-state index in [4.69, 9.17) is 0 Å². The summed E-state index contributed by atoms with van der Waals surface area (Å²) in [4.78, 5) is 49.9. The number of nitrogens with zero attached hydrogens (tertiary/aromatic N) is 5. The van der Waals surface area contributed by atoms with Crippen LogP contribution in [0.25, 0.3) is 21.9 Å². The lowest BCUT2D eigenvalue weighted by molar-refractivity contribution is -0.118. The van der Waals surface area contributed by atoms with Crippen LogP contribution in [0.15, 0.2) is 77.9 Å². The molecule has 36 heavy (non-hydrogen) atoms. The second-order valence-corrected chi connectivity index (χ2v) is 9.28. The number of pyridine rings is 1. The van der Waals surface area contributed by atoms with Gasteiger partial charge in [-0.1, -0.05) is 47.2 Å². The molecule has 0 aliphatic carbocycles. The Morgan fingerprint density at radius 2 is 1.75 bits per heavy atom. The summed E-state index contributed by atoms with van der Waals surface area (Å²) in [7, 11) is 0. The monoisotopic (exact) mass is 494 g/mol. The molecule has 1 aliphatic heterocycles. The molecular weight excluding hydrogens is 476 g/mol. The molecule has 2 aromatic carbocycles. The molecule has 0 unspecified atom stereocenters. The topological polar surface area (TPSA) is 110 Å². The van der Waals surface area contributed by atoms with Crippen molar-refractivity contribution < 1.29 is 9.59 Å². The summed E-state index contributed by atoms with van der Waals surface area (Å²) in [6.07, 6.45) is 3.25. The Morgan fingerprint density at radius 3 is 2.50 bits per heavy atom. The zero-order valence-electron chi connectivity index (χ0n) is 19.0. The van der Waals surface area contributed by atoms with E-state index in [9.17, 15) is 14.4 Å². The highest BCUT2D eigenvalue weighted by molar-refractivity contribution is 7.15. The van der Waals surface area contributed by atoms with Gasteiger partial charge in [0.05, 0.1) is 11.3 Å². The van der Waals surface area contributed by atoms with E-state index in [1.165, 1.54) is 9.42 Å². The van der Waals surface area contributed by atoms with Gasteiger partial charge in [-0.05, 0) is 37.3 Å². The summed E-state index contributed by atoms with van der Waals surface area (Å²) in [5, 5.41) is 7.17. The molecule has 4 heterocycles. The Kier molecular flexibility index (Phi) is 5.15. The highest BCUT2D eigenvalue weighted by atomic mass is 32.1. The zero-order valence-corrected chi connectivity index (χ0v) is 19.8. The molecule has 1 aliphatic rings.